The summed E-state index contributed by atoms with van der Waals surface area (Å²) in [4.78, 5) is 4.17. The van der Waals surface area contributed by atoms with Crippen molar-refractivity contribution < 1.29 is 5.11 Å². The third-order valence-corrected chi connectivity index (χ3v) is 3.04. The summed E-state index contributed by atoms with van der Waals surface area (Å²) < 4.78 is 1.97. The average molecular weight is 201 g/mol. The number of nitrogens with zero attached hydrogens (tertiary/aromatic N) is 2. The van der Waals surface area contributed by atoms with Crippen LogP contribution in [0, 0.1) is 0 Å². The Labute approximate surface area is 82.4 Å². The Kier molecular flexibility index (Phi) is 4.27. The lowest BCUT2D eigenvalue weighted by Gasteiger charge is -2.11. The number of hydrogen-bond donors (Lipinski definition) is 2. The minimum Gasteiger partial charge on any atom is -0.395 e. The molecule has 5 heteroatoms. The molecule has 0 saturated carbocycles. The highest BCUT2D eigenvalue weighted by Crippen LogP contribution is 2.14. The molecule has 0 aliphatic heterocycles. The van der Waals surface area contributed by atoms with Gasteiger partial charge in [-0.05, 0) is 7.05 Å². The van der Waals surface area contributed by atoms with E-state index >= 15 is 0 Å². The lowest BCUT2D eigenvalue weighted by molar-refractivity contribution is 0.260. The Balaban J connectivity index is 2.38. The number of imidazole rings is 1. The molecule has 0 saturated heterocycles. The summed E-state index contributed by atoms with van der Waals surface area (Å²) >= 11 is 1.64. The van der Waals surface area contributed by atoms with E-state index in [1.54, 1.807) is 18.0 Å². The summed E-state index contributed by atoms with van der Waals surface area (Å²) in [6.07, 6.45) is 3.69. The fourth-order valence-corrected chi connectivity index (χ4v) is 1.92. The zero-order valence-electron chi connectivity index (χ0n) is 7.90. The standard InChI is InChI=1S/C8H15N3OS/c1-9-7(5-12)6-13-8-10-3-4-11(8)2/h3-4,7,9,12H,5-6H2,1-2H3. The second kappa shape index (κ2) is 5.26. The Morgan fingerprint density at radius 1 is 1.77 bits per heavy atom. The molecule has 0 aliphatic rings. The number of rotatable bonds is 5. The van der Waals surface area contributed by atoms with Crippen LogP contribution >= 0.6 is 11.8 Å². The molecule has 1 atom stereocenters. The maximum Gasteiger partial charge on any atom is 0.167 e. The van der Waals surface area contributed by atoms with E-state index in [0.29, 0.717) is 0 Å². The maximum atomic E-state index is 8.92. The van der Waals surface area contributed by atoms with Crippen LogP contribution in [0.4, 0.5) is 0 Å². The predicted molar refractivity (Wildman–Crippen MR) is 53.9 cm³/mol. The lowest BCUT2D eigenvalue weighted by Crippen LogP contribution is -2.31. The van der Waals surface area contributed by atoms with Crippen molar-refractivity contribution in [2.45, 2.75) is 11.2 Å². The van der Waals surface area contributed by atoms with Crippen molar-refractivity contribution in [3.05, 3.63) is 12.4 Å². The van der Waals surface area contributed by atoms with Gasteiger partial charge in [-0.2, -0.15) is 0 Å². The molecule has 1 rings (SSSR count). The van der Waals surface area contributed by atoms with E-state index in [-0.39, 0.29) is 12.6 Å². The zero-order valence-corrected chi connectivity index (χ0v) is 8.71. The number of aromatic nitrogens is 2. The van der Waals surface area contributed by atoms with Crippen molar-refractivity contribution in [3.63, 3.8) is 0 Å². The Morgan fingerprint density at radius 2 is 2.54 bits per heavy atom. The van der Waals surface area contributed by atoms with Crippen molar-refractivity contribution in [2.24, 2.45) is 7.05 Å². The third kappa shape index (κ3) is 3.02. The van der Waals surface area contributed by atoms with Gasteiger partial charge in [0.05, 0.1) is 6.61 Å². The van der Waals surface area contributed by atoms with Crippen molar-refractivity contribution >= 4 is 11.8 Å². The van der Waals surface area contributed by atoms with Gasteiger partial charge in [0.15, 0.2) is 5.16 Å². The number of hydrogen-bond acceptors (Lipinski definition) is 4. The summed E-state index contributed by atoms with van der Waals surface area (Å²) in [5.74, 6) is 0.831. The number of aliphatic hydroxyl groups is 1. The first-order valence-corrected chi connectivity index (χ1v) is 5.14. The van der Waals surface area contributed by atoms with E-state index in [1.807, 2.05) is 24.9 Å². The highest BCUT2D eigenvalue weighted by atomic mass is 32.2. The van der Waals surface area contributed by atoms with Crippen LogP contribution < -0.4 is 5.32 Å². The topological polar surface area (TPSA) is 50.1 Å². The first kappa shape index (κ1) is 10.6. The second-order valence-corrected chi connectivity index (χ2v) is 3.79. The van der Waals surface area contributed by atoms with Gasteiger partial charge in [0.1, 0.15) is 0 Å². The van der Waals surface area contributed by atoms with Gasteiger partial charge in [-0.3, -0.25) is 0 Å². The zero-order chi connectivity index (χ0) is 9.68. The highest BCUT2D eigenvalue weighted by molar-refractivity contribution is 7.99. The largest absolute Gasteiger partial charge is 0.395 e. The van der Waals surface area contributed by atoms with E-state index in [9.17, 15) is 0 Å². The number of aryl methyl sites for hydroxylation is 1. The van der Waals surface area contributed by atoms with Gasteiger partial charge in [-0.1, -0.05) is 11.8 Å². The smallest absolute Gasteiger partial charge is 0.167 e. The molecule has 0 aliphatic carbocycles. The second-order valence-electron chi connectivity index (χ2n) is 2.80. The van der Waals surface area contributed by atoms with E-state index in [4.69, 9.17) is 5.11 Å². The van der Waals surface area contributed by atoms with Crippen LogP contribution in [0.5, 0.6) is 0 Å². The Morgan fingerprint density at radius 3 is 3.00 bits per heavy atom. The molecule has 0 spiro atoms. The van der Waals surface area contributed by atoms with E-state index in [0.717, 1.165) is 10.9 Å². The Bertz CT molecular complexity index is 247. The molecule has 0 amide bonds. The molecular weight excluding hydrogens is 186 g/mol. The maximum absolute atomic E-state index is 8.92. The molecule has 1 aromatic rings. The third-order valence-electron chi connectivity index (χ3n) is 1.82. The minimum atomic E-state index is 0.140. The predicted octanol–water partition coefficient (Wildman–Crippen LogP) is 0.0925. The van der Waals surface area contributed by atoms with E-state index in [1.165, 1.54) is 0 Å². The summed E-state index contributed by atoms with van der Waals surface area (Å²) in [6.45, 7) is 0.161. The molecule has 0 bridgehead atoms. The van der Waals surface area contributed by atoms with Crippen molar-refractivity contribution in [3.8, 4) is 0 Å². The van der Waals surface area contributed by atoms with Gasteiger partial charge in [0, 0.05) is 31.2 Å². The van der Waals surface area contributed by atoms with Crippen molar-refractivity contribution in [2.75, 3.05) is 19.4 Å². The lowest BCUT2D eigenvalue weighted by atomic mass is 10.4. The van der Waals surface area contributed by atoms with Crippen LogP contribution in [0.2, 0.25) is 0 Å². The SMILES string of the molecule is CNC(CO)CSc1nccn1C. The van der Waals surface area contributed by atoms with Crippen LogP contribution in [-0.4, -0.2) is 40.1 Å². The molecule has 0 radical (unpaired) electrons. The number of nitrogens with one attached hydrogen (secondary N) is 1. The molecule has 0 aromatic carbocycles. The fraction of sp³-hybridized carbons (Fsp3) is 0.625. The normalized spacial score (nSPS) is 13.2. The number of aliphatic hydroxyl groups excluding tert-OH is 1. The van der Waals surface area contributed by atoms with E-state index in [2.05, 4.69) is 10.3 Å². The quantitative estimate of drug-likeness (QED) is 0.663. The summed E-state index contributed by atoms with van der Waals surface area (Å²) in [5.41, 5.74) is 0. The van der Waals surface area contributed by atoms with Gasteiger partial charge in [-0.25, -0.2) is 4.98 Å². The summed E-state index contributed by atoms with van der Waals surface area (Å²) in [5, 5.41) is 12.9. The first-order chi connectivity index (χ1) is 6.27. The van der Waals surface area contributed by atoms with Gasteiger partial charge >= 0.3 is 0 Å². The van der Waals surface area contributed by atoms with Gasteiger partial charge in [0.2, 0.25) is 0 Å². The molecule has 0 fully saturated rings. The highest BCUT2D eigenvalue weighted by Gasteiger charge is 2.06. The van der Waals surface area contributed by atoms with Crippen molar-refractivity contribution in [1.29, 1.82) is 0 Å². The minimum absolute atomic E-state index is 0.140. The molecule has 1 heterocycles. The molecule has 2 N–H and O–H groups in total. The molecule has 1 aromatic heterocycles. The van der Waals surface area contributed by atoms with Crippen LogP contribution in [0.3, 0.4) is 0 Å². The first-order valence-electron chi connectivity index (χ1n) is 4.16. The molecule has 4 nitrogen and oxygen atoms in total. The summed E-state index contributed by atoms with van der Waals surface area (Å²) in [7, 11) is 3.81. The Hall–Kier alpha value is -0.520. The van der Waals surface area contributed by atoms with Crippen molar-refractivity contribution in [1.82, 2.24) is 14.9 Å². The van der Waals surface area contributed by atoms with Crippen LogP contribution in [0.1, 0.15) is 0 Å². The molecule has 1 unspecified atom stereocenters. The molecule has 74 valence electrons. The van der Waals surface area contributed by atoms with Crippen LogP contribution in [0.15, 0.2) is 17.6 Å². The van der Waals surface area contributed by atoms with Crippen LogP contribution in [0.25, 0.3) is 0 Å². The van der Waals surface area contributed by atoms with E-state index < -0.39 is 0 Å². The van der Waals surface area contributed by atoms with Gasteiger partial charge in [-0.15, -0.1) is 0 Å². The molecule has 13 heavy (non-hydrogen) atoms. The number of thioether (sulfide) groups is 1. The van der Waals surface area contributed by atoms with Gasteiger partial charge in [0.25, 0.3) is 0 Å². The van der Waals surface area contributed by atoms with Crippen LogP contribution in [-0.2, 0) is 7.05 Å². The summed E-state index contributed by atoms with van der Waals surface area (Å²) in [6, 6.07) is 0.140. The number of likely N-dealkylation sites (N-methyl/N-ethyl adjacent to an activating group) is 1. The average Bonchev–Trinajstić information content (AvgIpc) is 2.54. The van der Waals surface area contributed by atoms with Gasteiger partial charge < -0.3 is 15.0 Å². The monoisotopic (exact) mass is 201 g/mol. The fourth-order valence-electron chi connectivity index (χ4n) is 0.893. The molecular formula is C8H15N3OS.